The number of rotatable bonds is 11. The molecule has 2 rings (SSSR count). The Morgan fingerprint density at radius 3 is 2.50 bits per heavy atom. The van der Waals surface area contributed by atoms with Crippen LogP contribution < -0.4 is 16.4 Å². The van der Waals surface area contributed by atoms with E-state index in [1.807, 2.05) is 13.8 Å². The van der Waals surface area contributed by atoms with Gasteiger partial charge in [0.25, 0.3) is 0 Å². The van der Waals surface area contributed by atoms with Gasteiger partial charge in [0, 0.05) is 24.9 Å². The van der Waals surface area contributed by atoms with E-state index in [0.29, 0.717) is 18.5 Å². The average Bonchev–Trinajstić information content (AvgIpc) is 3.42. The maximum atomic E-state index is 12.9. The van der Waals surface area contributed by atoms with Crippen molar-refractivity contribution in [2.24, 2.45) is 11.7 Å². The first-order valence-electron chi connectivity index (χ1n) is 10.6. The molecule has 0 bridgehead atoms. The fourth-order valence-electron chi connectivity index (χ4n) is 3.65. The van der Waals surface area contributed by atoms with Gasteiger partial charge >= 0.3 is 5.97 Å². The molecule has 4 unspecified atom stereocenters. The van der Waals surface area contributed by atoms with Crippen LogP contribution in [-0.2, 0) is 25.6 Å². The third-order valence-corrected chi connectivity index (χ3v) is 5.29. The lowest BCUT2D eigenvalue weighted by atomic mass is 10.0. The zero-order chi connectivity index (χ0) is 23.8. The number of aromatic nitrogens is 2. The van der Waals surface area contributed by atoms with Crippen molar-refractivity contribution in [3.8, 4) is 0 Å². The van der Waals surface area contributed by atoms with Crippen molar-refractivity contribution in [2.45, 2.75) is 63.7 Å². The molecule has 12 heteroatoms. The number of carboxylic acids is 1. The molecular formula is C20H32N6O6. The van der Waals surface area contributed by atoms with Crippen LogP contribution in [0.3, 0.4) is 0 Å². The van der Waals surface area contributed by atoms with Gasteiger partial charge < -0.3 is 36.5 Å². The predicted molar refractivity (Wildman–Crippen MR) is 113 cm³/mol. The number of amides is 3. The third-order valence-electron chi connectivity index (χ3n) is 5.29. The monoisotopic (exact) mass is 452 g/mol. The van der Waals surface area contributed by atoms with Crippen LogP contribution in [-0.4, -0.2) is 86.1 Å². The number of nitrogens with two attached hydrogens (primary N) is 1. The first kappa shape index (κ1) is 25.3. The third kappa shape index (κ3) is 6.76. The topological polar surface area (TPSA) is 191 Å². The standard InChI is InChI=1S/C20H32N6O6/c1-11(2)6-14(24-17(28)13(21)7-12-8-22-10-23-12)18(29)25-15(9-27)19(30)26-5-3-4-16(26)20(31)32/h8,10-11,13-16,27H,3-7,9,21H2,1-2H3,(H,22,23)(H,24,28)(H,25,29)(H,31,32). The largest absolute Gasteiger partial charge is 0.480 e. The quantitative estimate of drug-likeness (QED) is 0.230. The summed E-state index contributed by atoms with van der Waals surface area (Å²) in [6, 6.07) is -4.20. The van der Waals surface area contributed by atoms with Gasteiger partial charge in [0.2, 0.25) is 17.7 Å². The van der Waals surface area contributed by atoms with Crippen LogP contribution in [0.2, 0.25) is 0 Å². The number of likely N-dealkylation sites (tertiary alicyclic amines) is 1. The summed E-state index contributed by atoms with van der Waals surface area (Å²) in [6.07, 6.45) is 4.33. The van der Waals surface area contributed by atoms with Crippen molar-refractivity contribution in [3.63, 3.8) is 0 Å². The Morgan fingerprint density at radius 1 is 1.25 bits per heavy atom. The number of carbonyl (C=O) groups excluding carboxylic acids is 3. The van der Waals surface area contributed by atoms with Crippen molar-refractivity contribution < 1.29 is 29.4 Å². The summed E-state index contributed by atoms with van der Waals surface area (Å²) in [5.74, 6) is -2.96. The normalized spacial score (nSPS) is 18.8. The highest BCUT2D eigenvalue weighted by Crippen LogP contribution is 2.18. The summed E-state index contributed by atoms with van der Waals surface area (Å²) in [7, 11) is 0. The summed E-state index contributed by atoms with van der Waals surface area (Å²) in [5.41, 5.74) is 6.61. The molecule has 0 spiro atoms. The number of carbonyl (C=O) groups is 4. The molecule has 1 aliphatic heterocycles. The van der Waals surface area contributed by atoms with Gasteiger partial charge in [-0.2, -0.15) is 0 Å². The SMILES string of the molecule is CC(C)CC(NC(=O)C(N)Cc1cnc[nH]1)C(=O)NC(CO)C(=O)N1CCCC1C(=O)O. The first-order valence-corrected chi connectivity index (χ1v) is 10.6. The molecule has 0 aliphatic carbocycles. The van der Waals surface area contributed by atoms with Crippen LogP contribution in [0.15, 0.2) is 12.5 Å². The lowest BCUT2D eigenvalue weighted by Crippen LogP contribution is -2.58. The highest BCUT2D eigenvalue weighted by molar-refractivity contribution is 5.94. The van der Waals surface area contributed by atoms with E-state index < -0.39 is 54.5 Å². The van der Waals surface area contributed by atoms with E-state index in [0.717, 1.165) is 4.90 Å². The van der Waals surface area contributed by atoms with Crippen molar-refractivity contribution >= 4 is 23.7 Å². The maximum absolute atomic E-state index is 12.9. The molecular weight excluding hydrogens is 420 g/mol. The highest BCUT2D eigenvalue weighted by atomic mass is 16.4. The van der Waals surface area contributed by atoms with Gasteiger partial charge in [0.05, 0.1) is 19.0 Å². The van der Waals surface area contributed by atoms with Crippen molar-refractivity contribution in [2.75, 3.05) is 13.2 Å². The summed E-state index contributed by atoms with van der Waals surface area (Å²) in [5, 5.41) is 24.0. The average molecular weight is 453 g/mol. The zero-order valence-corrected chi connectivity index (χ0v) is 18.3. The Balaban J connectivity index is 2.04. The molecule has 1 fully saturated rings. The summed E-state index contributed by atoms with van der Waals surface area (Å²) in [4.78, 5) is 57.4. The molecule has 32 heavy (non-hydrogen) atoms. The number of carboxylic acid groups (broad SMARTS) is 1. The van der Waals surface area contributed by atoms with E-state index in [-0.39, 0.29) is 25.3 Å². The van der Waals surface area contributed by atoms with Crippen molar-refractivity contribution in [1.29, 1.82) is 0 Å². The van der Waals surface area contributed by atoms with E-state index in [9.17, 15) is 29.4 Å². The second kappa shape index (κ2) is 11.6. The smallest absolute Gasteiger partial charge is 0.326 e. The van der Waals surface area contributed by atoms with Crippen molar-refractivity contribution in [1.82, 2.24) is 25.5 Å². The number of hydrogen-bond acceptors (Lipinski definition) is 7. The van der Waals surface area contributed by atoms with Crippen LogP contribution in [0, 0.1) is 5.92 Å². The van der Waals surface area contributed by atoms with Gasteiger partial charge in [-0.15, -0.1) is 0 Å². The Morgan fingerprint density at radius 2 is 1.94 bits per heavy atom. The number of aliphatic hydroxyl groups excluding tert-OH is 1. The minimum atomic E-state index is -1.31. The molecule has 178 valence electrons. The van der Waals surface area contributed by atoms with Crippen LogP contribution in [0.5, 0.6) is 0 Å². The van der Waals surface area contributed by atoms with Gasteiger partial charge in [0.15, 0.2) is 0 Å². The minimum absolute atomic E-state index is 0.0353. The van der Waals surface area contributed by atoms with E-state index >= 15 is 0 Å². The molecule has 1 saturated heterocycles. The van der Waals surface area contributed by atoms with E-state index in [2.05, 4.69) is 20.6 Å². The Labute approximate surface area is 185 Å². The van der Waals surface area contributed by atoms with Crippen LogP contribution in [0.1, 0.15) is 38.8 Å². The van der Waals surface area contributed by atoms with E-state index in [1.54, 1.807) is 6.20 Å². The highest BCUT2D eigenvalue weighted by Gasteiger charge is 2.38. The number of aromatic amines is 1. The number of imidazole rings is 1. The zero-order valence-electron chi connectivity index (χ0n) is 18.3. The second-order valence-corrected chi connectivity index (χ2v) is 8.35. The number of H-pyrrole nitrogens is 1. The number of aliphatic carboxylic acids is 1. The number of hydrogen-bond donors (Lipinski definition) is 6. The molecule has 7 N–H and O–H groups in total. The van der Waals surface area contributed by atoms with Crippen LogP contribution in [0.25, 0.3) is 0 Å². The molecule has 0 radical (unpaired) electrons. The molecule has 1 aromatic heterocycles. The minimum Gasteiger partial charge on any atom is -0.480 e. The molecule has 12 nitrogen and oxygen atoms in total. The van der Waals surface area contributed by atoms with Gasteiger partial charge in [0.1, 0.15) is 18.1 Å². The maximum Gasteiger partial charge on any atom is 0.326 e. The summed E-state index contributed by atoms with van der Waals surface area (Å²) < 4.78 is 0. The molecule has 4 atom stereocenters. The lowest BCUT2D eigenvalue weighted by molar-refractivity contribution is -0.150. The van der Waals surface area contributed by atoms with Gasteiger partial charge in [-0.3, -0.25) is 14.4 Å². The first-order chi connectivity index (χ1) is 15.1. The number of nitrogens with zero attached hydrogens (tertiary/aromatic N) is 2. The Hall–Kier alpha value is -2.99. The number of aliphatic hydroxyl groups is 1. The Bertz CT molecular complexity index is 799. The molecule has 0 aromatic carbocycles. The molecule has 3 amide bonds. The van der Waals surface area contributed by atoms with Gasteiger partial charge in [-0.25, -0.2) is 9.78 Å². The predicted octanol–water partition coefficient (Wildman–Crippen LogP) is -1.64. The lowest BCUT2D eigenvalue weighted by Gasteiger charge is -2.28. The van der Waals surface area contributed by atoms with Gasteiger partial charge in [-0.1, -0.05) is 13.8 Å². The molecule has 1 aliphatic rings. The number of nitrogens with one attached hydrogen (secondary N) is 3. The summed E-state index contributed by atoms with van der Waals surface area (Å²) in [6.45, 7) is 3.27. The van der Waals surface area contributed by atoms with Crippen LogP contribution in [0.4, 0.5) is 0 Å². The molecule has 1 aromatic rings. The summed E-state index contributed by atoms with van der Waals surface area (Å²) >= 11 is 0. The Kier molecular flexibility index (Phi) is 9.14. The second-order valence-electron chi connectivity index (χ2n) is 8.35. The van der Waals surface area contributed by atoms with E-state index in [4.69, 9.17) is 5.73 Å². The fraction of sp³-hybridized carbons (Fsp3) is 0.650. The fourth-order valence-corrected chi connectivity index (χ4v) is 3.65. The molecule has 0 saturated carbocycles. The van der Waals surface area contributed by atoms with E-state index in [1.165, 1.54) is 6.33 Å². The van der Waals surface area contributed by atoms with Crippen molar-refractivity contribution in [3.05, 3.63) is 18.2 Å². The van der Waals surface area contributed by atoms with Crippen LogP contribution >= 0.6 is 0 Å². The molecule has 2 heterocycles. The van der Waals surface area contributed by atoms with Gasteiger partial charge in [-0.05, 0) is 25.2 Å².